The number of nitrogens with zero attached hydrogens (tertiary/aromatic N) is 2. The molecule has 1 N–H and O–H groups in total. The standard InChI is InChI=1S/C9H13N3O2/c1-10-4-7-2-3-9(12-11-7)14-8-5-13-6-8/h2-3,8,10H,4-6H2,1H3. The Bertz CT molecular complexity index is 285. The molecular weight excluding hydrogens is 182 g/mol. The van der Waals surface area contributed by atoms with Crippen molar-refractivity contribution in [2.45, 2.75) is 12.6 Å². The predicted octanol–water partition coefficient (Wildman–Crippen LogP) is -0.0264. The van der Waals surface area contributed by atoms with Crippen molar-refractivity contribution in [3.63, 3.8) is 0 Å². The first-order valence-electron chi connectivity index (χ1n) is 4.60. The molecule has 1 aromatic rings. The largest absolute Gasteiger partial charge is 0.468 e. The molecule has 1 aliphatic rings. The van der Waals surface area contributed by atoms with Crippen LogP contribution in [0.25, 0.3) is 0 Å². The van der Waals surface area contributed by atoms with E-state index in [4.69, 9.17) is 9.47 Å². The lowest BCUT2D eigenvalue weighted by atomic mass is 10.3. The lowest BCUT2D eigenvalue weighted by Gasteiger charge is -2.25. The van der Waals surface area contributed by atoms with Gasteiger partial charge >= 0.3 is 0 Å². The topological polar surface area (TPSA) is 56.3 Å². The average molecular weight is 195 g/mol. The van der Waals surface area contributed by atoms with Gasteiger partial charge in [-0.05, 0) is 13.1 Å². The van der Waals surface area contributed by atoms with Gasteiger partial charge in [-0.15, -0.1) is 5.10 Å². The molecule has 0 unspecified atom stereocenters. The smallest absolute Gasteiger partial charge is 0.233 e. The van der Waals surface area contributed by atoms with Crippen molar-refractivity contribution >= 4 is 0 Å². The Morgan fingerprint density at radius 3 is 2.86 bits per heavy atom. The van der Waals surface area contributed by atoms with Gasteiger partial charge in [0.25, 0.3) is 0 Å². The van der Waals surface area contributed by atoms with Gasteiger partial charge < -0.3 is 14.8 Å². The van der Waals surface area contributed by atoms with Crippen LogP contribution in [0.4, 0.5) is 0 Å². The molecule has 2 rings (SSSR count). The van der Waals surface area contributed by atoms with E-state index in [9.17, 15) is 0 Å². The Morgan fingerprint density at radius 1 is 1.50 bits per heavy atom. The number of hydrogen-bond acceptors (Lipinski definition) is 5. The zero-order valence-corrected chi connectivity index (χ0v) is 8.06. The van der Waals surface area contributed by atoms with Crippen molar-refractivity contribution in [2.75, 3.05) is 20.3 Å². The molecule has 2 heterocycles. The van der Waals surface area contributed by atoms with Crippen LogP contribution in [0.15, 0.2) is 12.1 Å². The molecular formula is C9H13N3O2. The fourth-order valence-electron chi connectivity index (χ4n) is 1.14. The highest BCUT2D eigenvalue weighted by molar-refractivity contribution is 5.11. The van der Waals surface area contributed by atoms with Gasteiger partial charge in [0.05, 0.1) is 18.9 Å². The Kier molecular flexibility index (Phi) is 2.90. The van der Waals surface area contributed by atoms with Crippen LogP contribution in [-0.2, 0) is 11.3 Å². The molecule has 0 aromatic carbocycles. The molecule has 1 saturated heterocycles. The Morgan fingerprint density at radius 2 is 2.36 bits per heavy atom. The van der Waals surface area contributed by atoms with Crippen molar-refractivity contribution in [3.05, 3.63) is 17.8 Å². The summed E-state index contributed by atoms with van der Waals surface area (Å²) < 4.78 is 10.5. The van der Waals surface area contributed by atoms with Gasteiger partial charge in [0.1, 0.15) is 6.10 Å². The monoisotopic (exact) mass is 195 g/mol. The Labute approximate surface area is 82.4 Å². The molecule has 14 heavy (non-hydrogen) atoms. The Balaban J connectivity index is 1.91. The minimum Gasteiger partial charge on any atom is -0.468 e. The lowest BCUT2D eigenvalue weighted by molar-refractivity contribution is -0.0816. The lowest BCUT2D eigenvalue weighted by Crippen LogP contribution is -2.38. The summed E-state index contributed by atoms with van der Waals surface area (Å²) in [5, 5.41) is 11.0. The summed E-state index contributed by atoms with van der Waals surface area (Å²) in [6.07, 6.45) is 0.152. The number of ether oxygens (including phenoxy) is 2. The van der Waals surface area contributed by atoms with E-state index in [1.165, 1.54) is 0 Å². The number of nitrogens with one attached hydrogen (secondary N) is 1. The predicted molar refractivity (Wildman–Crippen MR) is 50.0 cm³/mol. The van der Waals surface area contributed by atoms with Gasteiger partial charge in [0.15, 0.2) is 0 Å². The normalized spacial score (nSPS) is 16.4. The quantitative estimate of drug-likeness (QED) is 0.731. The van der Waals surface area contributed by atoms with E-state index in [1.807, 2.05) is 19.2 Å². The Hall–Kier alpha value is -1.20. The van der Waals surface area contributed by atoms with Gasteiger partial charge in [0, 0.05) is 12.6 Å². The highest BCUT2D eigenvalue weighted by atomic mass is 16.6. The van der Waals surface area contributed by atoms with E-state index in [0.717, 1.165) is 12.2 Å². The highest BCUT2D eigenvalue weighted by Gasteiger charge is 2.20. The zero-order chi connectivity index (χ0) is 9.80. The van der Waals surface area contributed by atoms with Crippen LogP contribution in [-0.4, -0.2) is 36.6 Å². The molecule has 1 aromatic heterocycles. The number of hydrogen-bond donors (Lipinski definition) is 1. The van der Waals surface area contributed by atoms with Crippen LogP contribution < -0.4 is 10.1 Å². The summed E-state index contributed by atoms with van der Waals surface area (Å²) in [7, 11) is 1.87. The van der Waals surface area contributed by atoms with Crippen molar-refractivity contribution in [1.82, 2.24) is 15.5 Å². The van der Waals surface area contributed by atoms with E-state index in [0.29, 0.717) is 19.1 Å². The SMILES string of the molecule is CNCc1ccc(OC2COC2)nn1. The summed E-state index contributed by atoms with van der Waals surface area (Å²) in [5.74, 6) is 0.568. The maximum Gasteiger partial charge on any atom is 0.233 e. The minimum absolute atomic E-state index is 0.152. The first kappa shape index (κ1) is 9.36. The molecule has 0 radical (unpaired) electrons. The second-order valence-electron chi connectivity index (χ2n) is 3.17. The van der Waals surface area contributed by atoms with E-state index in [-0.39, 0.29) is 6.10 Å². The molecule has 5 nitrogen and oxygen atoms in total. The van der Waals surface area contributed by atoms with Crippen LogP contribution in [0, 0.1) is 0 Å². The van der Waals surface area contributed by atoms with Crippen molar-refractivity contribution in [1.29, 1.82) is 0 Å². The third kappa shape index (κ3) is 2.18. The number of aromatic nitrogens is 2. The molecule has 0 atom stereocenters. The van der Waals surface area contributed by atoms with Crippen LogP contribution >= 0.6 is 0 Å². The summed E-state index contributed by atoms with van der Waals surface area (Å²) in [4.78, 5) is 0. The maximum absolute atomic E-state index is 5.46. The molecule has 0 bridgehead atoms. The van der Waals surface area contributed by atoms with Gasteiger partial charge in [-0.25, -0.2) is 0 Å². The molecule has 76 valence electrons. The zero-order valence-electron chi connectivity index (χ0n) is 8.06. The second-order valence-corrected chi connectivity index (χ2v) is 3.17. The molecule has 1 aliphatic heterocycles. The van der Waals surface area contributed by atoms with Gasteiger partial charge in [-0.3, -0.25) is 0 Å². The van der Waals surface area contributed by atoms with Crippen LogP contribution in [0.1, 0.15) is 5.69 Å². The fourth-order valence-corrected chi connectivity index (χ4v) is 1.14. The van der Waals surface area contributed by atoms with Gasteiger partial charge in [0.2, 0.25) is 5.88 Å². The molecule has 5 heteroatoms. The van der Waals surface area contributed by atoms with Crippen LogP contribution in [0.5, 0.6) is 5.88 Å². The minimum atomic E-state index is 0.152. The third-order valence-corrected chi connectivity index (χ3v) is 1.95. The molecule has 0 aliphatic carbocycles. The van der Waals surface area contributed by atoms with E-state index in [2.05, 4.69) is 15.5 Å². The molecule has 0 saturated carbocycles. The van der Waals surface area contributed by atoms with Crippen LogP contribution in [0.2, 0.25) is 0 Å². The first-order valence-corrected chi connectivity index (χ1v) is 4.60. The maximum atomic E-state index is 5.46. The van der Waals surface area contributed by atoms with E-state index < -0.39 is 0 Å². The number of rotatable bonds is 4. The van der Waals surface area contributed by atoms with Gasteiger partial charge in [-0.1, -0.05) is 0 Å². The van der Waals surface area contributed by atoms with Crippen molar-refractivity contribution < 1.29 is 9.47 Å². The van der Waals surface area contributed by atoms with Crippen LogP contribution in [0.3, 0.4) is 0 Å². The summed E-state index contributed by atoms with van der Waals surface area (Å²) in [5.41, 5.74) is 0.907. The molecule has 0 amide bonds. The second kappa shape index (κ2) is 4.34. The summed E-state index contributed by atoms with van der Waals surface area (Å²) in [6.45, 7) is 2.03. The highest BCUT2D eigenvalue weighted by Crippen LogP contribution is 2.11. The average Bonchev–Trinajstić information content (AvgIpc) is 2.14. The van der Waals surface area contributed by atoms with E-state index >= 15 is 0 Å². The fraction of sp³-hybridized carbons (Fsp3) is 0.556. The summed E-state index contributed by atoms with van der Waals surface area (Å²) in [6, 6.07) is 3.73. The first-order chi connectivity index (χ1) is 6.88. The third-order valence-electron chi connectivity index (χ3n) is 1.95. The summed E-state index contributed by atoms with van der Waals surface area (Å²) >= 11 is 0. The van der Waals surface area contributed by atoms with Crippen molar-refractivity contribution in [2.24, 2.45) is 0 Å². The van der Waals surface area contributed by atoms with E-state index in [1.54, 1.807) is 0 Å². The molecule has 0 spiro atoms. The van der Waals surface area contributed by atoms with Gasteiger partial charge in [-0.2, -0.15) is 5.10 Å². The molecule has 1 fully saturated rings. The van der Waals surface area contributed by atoms with Crippen molar-refractivity contribution in [3.8, 4) is 5.88 Å².